The molecule has 0 radical (unpaired) electrons. The van der Waals surface area contributed by atoms with Gasteiger partial charge >= 0.3 is 0 Å². The molecule has 1 aliphatic rings. The molecular formula is C24H29N5O3S2. The molecule has 1 amide bonds. The fourth-order valence-corrected chi connectivity index (χ4v) is 5.74. The highest BCUT2D eigenvalue weighted by Crippen LogP contribution is 2.25. The zero-order valence-corrected chi connectivity index (χ0v) is 21.0. The average molecular weight is 500 g/mol. The molecule has 0 saturated heterocycles. The van der Waals surface area contributed by atoms with Crippen LogP contribution >= 0.6 is 11.8 Å². The molecule has 3 aromatic rings. The van der Waals surface area contributed by atoms with E-state index in [-0.39, 0.29) is 10.8 Å². The van der Waals surface area contributed by atoms with E-state index in [0.717, 1.165) is 24.0 Å². The van der Waals surface area contributed by atoms with Crippen molar-refractivity contribution in [2.24, 2.45) is 7.05 Å². The number of rotatable bonds is 8. The third-order valence-electron chi connectivity index (χ3n) is 5.86. The number of anilines is 1. The number of nitrogens with one attached hydrogen (secondary N) is 2. The van der Waals surface area contributed by atoms with E-state index in [2.05, 4.69) is 20.2 Å². The lowest BCUT2D eigenvalue weighted by molar-refractivity contribution is -0.119. The Morgan fingerprint density at radius 1 is 1.03 bits per heavy atom. The Morgan fingerprint density at radius 2 is 1.71 bits per heavy atom. The molecule has 0 spiro atoms. The number of hydrogen-bond acceptors (Lipinski definition) is 6. The van der Waals surface area contributed by atoms with Crippen LogP contribution in [0.2, 0.25) is 0 Å². The van der Waals surface area contributed by atoms with Gasteiger partial charge in [-0.05, 0) is 56.2 Å². The van der Waals surface area contributed by atoms with Crippen molar-refractivity contribution in [3.8, 4) is 11.4 Å². The van der Waals surface area contributed by atoms with Crippen LogP contribution in [0.5, 0.6) is 0 Å². The number of nitrogens with zero attached hydrogens (tertiary/aromatic N) is 3. The number of carbonyl (C=O) groups is 1. The van der Waals surface area contributed by atoms with Crippen LogP contribution in [0.1, 0.15) is 37.7 Å². The van der Waals surface area contributed by atoms with Gasteiger partial charge in [0.2, 0.25) is 5.91 Å². The summed E-state index contributed by atoms with van der Waals surface area (Å²) in [7, 11) is -1.81. The van der Waals surface area contributed by atoms with Crippen molar-refractivity contribution >= 4 is 33.4 Å². The molecule has 0 bridgehead atoms. The number of aryl methyl sites for hydroxylation is 1. The molecule has 1 aliphatic carbocycles. The highest BCUT2D eigenvalue weighted by molar-refractivity contribution is 7.99. The Hall–Kier alpha value is -2.85. The first-order valence-corrected chi connectivity index (χ1v) is 13.8. The standard InChI is InChI=1S/C24H29N5O3S2/c1-17-8-14-21(15-9-17)34(31,32)28-20-12-10-18(11-13-20)23-26-27-24(29(23)2)33-16-22(30)25-19-6-4-3-5-7-19/h8-15,19,28H,3-7,16H2,1-2H3,(H,25,30). The SMILES string of the molecule is Cc1ccc(S(=O)(=O)Nc2ccc(-c3nnc(SCC(=O)NC4CCCCC4)n3C)cc2)cc1. The fourth-order valence-electron chi connectivity index (χ4n) is 3.96. The Bertz CT molecular complexity index is 1230. The molecule has 8 nitrogen and oxygen atoms in total. The van der Waals surface area contributed by atoms with Crippen LogP contribution in [0.15, 0.2) is 58.6 Å². The minimum atomic E-state index is -3.66. The van der Waals surface area contributed by atoms with Gasteiger partial charge < -0.3 is 9.88 Å². The molecule has 0 aliphatic heterocycles. The van der Waals surface area contributed by atoms with Gasteiger partial charge in [-0.15, -0.1) is 10.2 Å². The van der Waals surface area contributed by atoms with Crippen LogP contribution in [0.25, 0.3) is 11.4 Å². The van der Waals surface area contributed by atoms with Crippen molar-refractivity contribution < 1.29 is 13.2 Å². The van der Waals surface area contributed by atoms with Crippen LogP contribution in [0, 0.1) is 6.92 Å². The summed E-state index contributed by atoms with van der Waals surface area (Å²) in [4.78, 5) is 12.5. The van der Waals surface area contributed by atoms with Crippen LogP contribution in [0.3, 0.4) is 0 Å². The number of aromatic nitrogens is 3. The summed E-state index contributed by atoms with van der Waals surface area (Å²) in [5.74, 6) is 0.956. The molecule has 2 aromatic carbocycles. The summed E-state index contributed by atoms with van der Waals surface area (Å²) in [5, 5.41) is 12.2. The number of benzene rings is 2. The second-order valence-electron chi connectivity index (χ2n) is 8.55. The monoisotopic (exact) mass is 499 g/mol. The maximum atomic E-state index is 12.6. The number of sulfonamides is 1. The molecule has 0 atom stereocenters. The third kappa shape index (κ3) is 5.98. The zero-order valence-electron chi connectivity index (χ0n) is 19.3. The van der Waals surface area contributed by atoms with Crippen molar-refractivity contribution in [2.75, 3.05) is 10.5 Å². The Kier molecular flexibility index (Phi) is 7.57. The summed E-state index contributed by atoms with van der Waals surface area (Å²) < 4.78 is 29.6. The predicted molar refractivity (Wildman–Crippen MR) is 134 cm³/mol. The van der Waals surface area contributed by atoms with Gasteiger partial charge in [0.05, 0.1) is 10.6 Å². The van der Waals surface area contributed by atoms with Crippen LogP contribution in [-0.4, -0.2) is 40.9 Å². The summed E-state index contributed by atoms with van der Waals surface area (Å²) in [6.07, 6.45) is 5.72. The van der Waals surface area contributed by atoms with Crippen molar-refractivity contribution in [1.82, 2.24) is 20.1 Å². The number of hydrogen-bond donors (Lipinski definition) is 2. The van der Waals surface area contributed by atoms with E-state index >= 15 is 0 Å². The van der Waals surface area contributed by atoms with Crippen LogP contribution in [-0.2, 0) is 21.9 Å². The minimum absolute atomic E-state index is 0.0201. The normalized spacial score (nSPS) is 14.6. The molecule has 0 unspecified atom stereocenters. The van der Waals surface area contributed by atoms with E-state index in [1.54, 1.807) is 48.5 Å². The van der Waals surface area contributed by atoms with Gasteiger partial charge in [0, 0.05) is 24.3 Å². The highest BCUT2D eigenvalue weighted by Gasteiger charge is 2.18. The average Bonchev–Trinajstić information content (AvgIpc) is 3.19. The summed E-state index contributed by atoms with van der Waals surface area (Å²) in [5.41, 5.74) is 2.25. The van der Waals surface area contributed by atoms with E-state index < -0.39 is 10.0 Å². The van der Waals surface area contributed by atoms with Gasteiger partial charge in [0.25, 0.3) is 10.0 Å². The molecule has 10 heteroatoms. The van der Waals surface area contributed by atoms with Gasteiger partial charge in [0.1, 0.15) is 0 Å². The predicted octanol–water partition coefficient (Wildman–Crippen LogP) is 4.13. The van der Waals surface area contributed by atoms with Crippen LogP contribution < -0.4 is 10.0 Å². The first kappa shape index (κ1) is 24.3. The van der Waals surface area contributed by atoms with E-state index in [9.17, 15) is 13.2 Å². The fraction of sp³-hybridized carbons (Fsp3) is 0.375. The molecule has 1 fully saturated rings. The molecular weight excluding hydrogens is 470 g/mol. The Balaban J connectivity index is 1.37. The number of carbonyl (C=O) groups excluding carboxylic acids is 1. The molecule has 180 valence electrons. The largest absolute Gasteiger partial charge is 0.353 e. The van der Waals surface area contributed by atoms with Crippen molar-refractivity contribution in [3.63, 3.8) is 0 Å². The topological polar surface area (TPSA) is 106 Å². The van der Waals surface area contributed by atoms with Crippen molar-refractivity contribution in [3.05, 3.63) is 54.1 Å². The van der Waals surface area contributed by atoms with Crippen LogP contribution in [0.4, 0.5) is 5.69 Å². The number of thioether (sulfide) groups is 1. The molecule has 2 N–H and O–H groups in total. The van der Waals surface area contributed by atoms with Crippen molar-refractivity contribution in [1.29, 1.82) is 0 Å². The maximum Gasteiger partial charge on any atom is 0.261 e. The first-order valence-electron chi connectivity index (χ1n) is 11.3. The summed E-state index contributed by atoms with van der Waals surface area (Å²) in [6, 6.07) is 14.0. The lowest BCUT2D eigenvalue weighted by Crippen LogP contribution is -2.37. The van der Waals surface area contributed by atoms with Gasteiger partial charge in [-0.1, -0.05) is 48.7 Å². The molecule has 34 heavy (non-hydrogen) atoms. The lowest BCUT2D eigenvalue weighted by Gasteiger charge is -2.22. The van der Waals surface area contributed by atoms with Gasteiger partial charge in [0.15, 0.2) is 11.0 Å². The summed E-state index contributed by atoms with van der Waals surface area (Å²) >= 11 is 1.35. The van der Waals surface area contributed by atoms with Crippen molar-refractivity contribution in [2.45, 2.75) is 55.1 Å². The number of amides is 1. The Labute approximate surface area is 204 Å². The molecule has 1 saturated carbocycles. The third-order valence-corrected chi connectivity index (χ3v) is 8.28. The van der Waals surface area contributed by atoms with Gasteiger partial charge in [-0.25, -0.2) is 8.42 Å². The quantitative estimate of drug-likeness (QED) is 0.452. The highest BCUT2D eigenvalue weighted by atomic mass is 32.2. The first-order chi connectivity index (χ1) is 16.3. The second-order valence-corrected chi connectivity index (χ2v) is 11.2. The maximum absolute atomic E-state index is 12.6. The second kappa shape index (κ2) is 10.6. The minimum Gasteiger partial charge on any atom is -0.353 e. The van der Waals surface area contributed by atoms with E-state index in [0.29, 0.717) is 28.5 Å². The van der Waals surface area contributed by atoms with Gasteiger partial charge in [-0.3, -0.25) is 9.52 Å². The molecule has 1 aromatic heterocycles. The lowest BCUT2D eigenvalue weighted by atomic mass is 9.95. The molecule has 4 rings (SSSR count). The summed E-state index contributed by atoms with van der Waals surface area (Å²) in [6.45, 7) is 1.91. The van der Waals surface area contributed by atoms with E-state index in [1.165, 1.54) is 31.0 Å². The Morgan fingerprint density at radius 3 is 2.38 bits per heavy atom. The van der Waals surface area contributed by atoms with E-state index in [1.807, 2.05) is 18.5 Å². The van der Waals surface area contributed by atoms with Gasteiger partial charge in [-0.2, -0.15) is 0 Å². The van der Waals surface area contributed by atoms with E-state index in [4.69, 9.17) is 0 Å². The smallest absolute Gasteiger partial charge is 0.261 e. The molecule has 1 heterocycles. The zero-order chi connectivity index (χ0) is 24.1.